The summed E-state index contributed by atoms with van der Waals surface area (Å²) in [5.41, 5.74) is 0.113. The minimum absolute atomic E-state index is 0.137. The summed E-state index contributed by atoms with van der Waals surface area (Å²) >= 11 is 5.92. The van der Waals surface area contributed by atoms with Crippen molar-refractivity contribution < 1.29 is 4.79 Å². The van der Waals surface area contributed by atoms with Crippen LogP contribution in [-0.4, -0.2) is 5.91 Å². The molecule has 106 valence electrons. The molecule has 0 radical (unpaired) electrons. The quantitative estimate of drug-likeness (QED) is 0.860. The van der Waals surface area contributed by atoms with Crippen molar-refractivity contribution in [2.24, 2.45) is 5.41 Å². The number of hydrogen-bond acceptors (Lipinski definition) is 2. The summed E-state index contributed by atoms with van der Waals surface area (Å²) in [6.07, 6.45) is 5.49. The first-order valence-corrected chi connectivity index (χ1v) is 7.48. The van der Waals surface area contributed by atoms with Gasteiger partial charge in [0.15, 0.2) is 0 Å². The summed E-state index contributed by atoms with van der Waals surface area (Å²) in [7, 11) is 0. The Morgan fingerprint density at radius 1 is 1.30 bits per heavy atom. The van der Waals surface area contributed by atoms with Gasteiger partial charge in [0.2, 0.25) is 5.91 Å². The molecule has 0 atom stereocenters. The first-order valence-electron chi connectivity index (χ1n) is 7.10. The van der Waals surface area contributed by atoms with Gasteiger partial charge in [-0.05, 0) is 30.5 Å². The number of amides is 1. The smallest absolute Gasteiger partial charge is 0.240 e. The van der Waals surface area contributed by atoms with Gasteiger partial charge in [-0.1, -0.05) is 49.4 Å². The Hall–Kier alpha value is -1.53. The summed E-state index contributed by atoms with van der Waals surface area (Å²) in [5, 5.41) is 13.0. The highest BCUT2D eigenvalue weighted by Gasteiger charge is 2.38. The number of nitrogens with zero attached hydrogens (tertiary/aromatic N) is 1. The van der Waals surface area contributed by atoms with Crippen molar-refractivity contribution in [2.75, 3.05) is 0 Å². The molecule has 0 spiro atoms. The van der Waals surface area contributed by atoms with Crippen molar-refractivity contribution in [3.63, 3.8) is 0 Å². The fourth-order valence-electron chi connectivity index (χ4n) is 2.72. The zero-order chi connectivity index (χ0) is 14.4. The summed E-state index contributed by atoms with van der Waals surface area (Å²) < 4.78 is 0. The molecule has 0 bridgehead atoms. The molecule has 0 aromatic heterocycles. The van der Waals surface area contributed by atoms with Crippen LogP contribution in [0, 0.1) is 16.7 Å². The molecule has 0 heterocycles. The van der Waals surface area contributed by atoms with Gasteiger partial charge in [-0.2, -0.15) is 5.26 Å². The Balaban J connectivity index is 2.01. The lowest BCUT2D eigenvalue weighted by molar-refractivity contribution is -0.129. The average Bonchev–Trinajstić information content (AvgIpc) is 2.71. The van der Waals surface area contributed by atoms with Crippen LogP contribution in [0.4, 0.5) is 0 Å². The van der Waals surface area contributed by atoms with E-state index < -0.39 is 5.41 Å². The van der Waals surface area contributed by atoms with E-state index in [2.05, 4.69) is 11.4 Å². The SMILES string of the molecule is N#CC1(C(=O)NCc2cccc(Cl)c2)CCCCCC1. The van der Waals surface area contributed by atoms with E-state index in [1.807, 2.05) is 18.2 Å². The molecule has 1 amide bonds. The molecule has 0 saturated heterocycles. The standard InChI is InChI=1S/C16H19ClN2O/c17-14-7-5-6-13(10-14)11-19-15(20)16(12-18)8-3-1-2-4-9-16/h5-7,10H,1-4,8-9,11H2,(H,19,20). The predicted octanol–water partition coefficient (Wildman–Crippen LogP) is 3.82. The molecule has 1 N–H and O–H groups in total. The fourth-order valence-corrected chi connectivity index (χ4v) is 2.93. The lowest BCUT2D eigenvalue weighted by atomic mass is 9.81. The number of carbonyl (C=O) groups excluding carboxylic acids is 1. The largest absolute Gasteiger partial charge is 0.351 e. The zero-order valence-electron chi connectivity index (χ0n) is 11.5. The third-order valence-corrected chi connectivity index (χ3v) is 4.18. The van der Waals surface area contributed by atoms with Crippen LogP contribution >= 0.6 is 11.6 Å². The molecule has 3 nitrogen and oxygen atoms in total. The highest BCUT2D eigenvalue weighted by atomic mass is 35.5. The molecule has 1 saturated carbocycles. The Kier molecular flexibility index (Phi) is 5.03. The lowest BCUT2D eigenvalue weighted by Crippen LogP contribution is -2.39. The maximum atomic E-state index is 12.4. The highest BCUT2D eigenvalue weighted by Crippen LogP contribution is 2.34. The van der Waals surface area contributed by atoms with Gasteiger partial charge in [-0.15, -0.1) is 0 Å². The van der Waals surface area contributed by atoms with E-state index in [-0.39, 0.29) is 5.91 Å². The van der Waals surface area contributed by atoms with Crippen LogP contribution in [-0.2, 0) is 11.3 Å². The maximum absolute atomic E-state index is 12.4. The lowest BCUT2D eigenvalue weighted by Gasteiger charge is -2.23. The monoisotopic (exact) mass is 290 g/mol. The summed E-state index contributed by atoms with van der Waals surface area (Å²) in [6, 6.07) is 9.67. The average molecular weight is 291 g/mol. The number of benzene rings is 1. The fraction of sp³-hybridized carbons (Fsp3) is 0.500. The van der Waals surface area contributed by atoms with Crippen molar-refractivity contribution in [3.8, 4) is 6.07 Å². The molecule has 1 aromatic carbocycles. The minimum Gasteiger partial charge on any atom is -0.351 e. The number of carbonyl (C=O) groups is 1. The second-order valence-corrected chi connectivity index (χ2v) is 5.86. The van der Waals surface area contributed by atoms with Gasteiger partial charge in [0.05, 0.1) is 6.07 Å². The molecule has 0 unspecified atom stereocenters. The van der Waals surface area contributed by atoms with E-state index >= 15 is 0 Å². The van der Waals surface area contributed by atoms with Crippen LogP contribution in [0.3, 0.4) is 0 Å². The van der Waals surface area contributed by atoms with Gasteiger partial charge in [0, 0.05) is 11.6 Å². The minimum atomic E-state index is -0.838. The van der Waals surface area contributed by atoms with Crippen molar-refractivity contribution in [1.82, 2.24) is 5.32 Å². The van der Waals surface area contributed by atoms with Crippen molar-refractivity contribution in [2.45, 2.75) is 45.1 Å². The number of nitrogens with one attached hydrogen (secondary N) is 1. The van der Waals surface area contributed by atoms with Crippen LogP contribution < -0.4 is 5.32 Å². The van der Waals surface area contributed by atoms with Crippen molar-refractivity contribution in [3.05, 3.63) is 34.9 Å². The van der Waals surface area contributed by atoms with E-state index in [0.717, 1.165) is 31.2 Å². The van der Waals surface area contributed by atoms with Crippen LogP contribution in [0.15, 0.2) is 24.3 Å². The molecule has 1 aromatic rings. The van der Waals surface area contributed by atoms with Crippen LogP contribution in [0.5, 0.6) is 0 Å². The second-order valence-electron chi connectivity index (χ2n) is 5.42. The Morgan fingerprint density at radius 3 is 2.60 bits per heavy atom. The van der Waals surface area contributed by atoms with E-state index in [1.54, 1.807) is 6.07 Å². The third kappa shape index (κ3) is 3.52. The molecule has 1 fully saturated rings. The van der Waals surface area contributed by atoms with Gasteiger partial charge in [0.1, 0.15) is 5.41 Å². The molecule has 0 aliphatic heterocycles. The normalized spacial score (nSPS) is 17.8. The van der Waals surface area contributed by atoms with Crippen LogP contribution in [0.1, 0.15) is 44.1 Å². The number of halogens is 1. The van der Waals surface area contributed by atoms with Gasteiger partial charge < -0.3 is 5.32 Å². The van der Waals surface area contributed by atoms with E-state index in [1.165, 1.54) is 0 Å². The second kappa shape index (κ2) is 6.76. The molecule has 1 aliphatic carbocycles. The van der Waals surface area contributed by atoms with E-state index in [4.69, 9.17) is 11.6 Å². The maximum Gasteiger partial charge on any atom is 0.240 e. The summed E-state index contributed by atoms with van der Waals surface area (Å²) in [6.45, 7) is 0.419. The van der Waals surface area contributed by atoms with E-state index in [9.17, 15) is 10.1 Å². The van der Waals surface area contributed by atoms with Gasteiger partial charge >= 0.3 is 0 Å². The van der Waals surface area contributed by atoms with Gasteiger partial charge in [0.25, 0.3) is 0 Å². The van der Waals surface area contributed by atoms with Crippen molar-refractivity contribution in [1.29, 1.82) is 5.26 Å². The first kappa shape index (κ1) is 14.9. The molecular weight excluding hydrogens is 272 g/mol. The third-order valence-electron chi connectivity index (χ3n) is 3.95. The van der Waals surface area contributed by atoms with Crippen LogP contribution in [0.2, 0.25) is 5.02 Å². The predicted molar refractivity (Wildman–Crippen MR) is 79.0 cm³/mol. The zero-order valence-corrected chi connectivity index (χ0v) is 12.2. The molecular formula is C16H19ClN2O. The van der Waals surface area contributed by atoms with Crippen LogP contribution in [0.25, 0.3) is 0 Å². The Labute approximate surface area is 124 Å². The Morgan fingerprint density at radius 2 is 2.00 bits per heavy atom. The molecule has 4 heteroatoms. The van der Waals surface area contributed by atoms with Gasteiger partial charge in [-0.25, -0.2) is 0 Å². The first-order chi connectivity index (χ1) is 9.66. The summed E-state index contributed by atoms with van der Waals surface area (Å²) in [5.74, 6) is -0.137. The number of rotatable bonds is 3. The molecule has 20 heavy (non-hydrogen) atoms. The highest BCUT2D eigenvalue weighted by molar-refractivity contribution is 6.30. The van der Waals surface area contributed by atoms with Crippen molar-refractivity contribution >= 4 is 17.5 Å². The van der Waals surface area contributed by atoms with E-state index in [0.29, 0.717) is 24.4 Å². The molecule has 1 aliphatic rings. The molecule has 2 rings (SSSR count). The van der Waals surface area contributed by atoms with Gasteiger partial charge in [-0.3, -0.25) is 4.79 Å². The number of nitriles is 1. The topological polar surface area (TPSA) is 52.9 Å². The Bertz CT molecular complexity index is 513. The number of hydrogen-bond donors (Lipinski definition) is 1. The summed E-state index contributed by atoms with van der Waals surface area (Å²) in [4.78, 5) is 12.4.